The summed E-state index contributed by atoms with van der Waals surface area (Å²) in [5.41, 5.74) is 9.75. The number of carbonyl (C=O) groups excluding carboxylic acids is 6. The summed E-state index contributed by atoms with van der Waals surface area (Å²) in [6.45, 7) is 14.9. The number of aromatic nitrogens is 2. The second-order valence-corrected chi connectivity index (χ2v) is 28.8. The highest BCUT2D eigenvalue weighted by molar-refractivity contribution is 5.92. The predicted octanol–water partition coefficient (Wildman–Crippen LogP) is 7.79. The molecule has 0 unspecified atom stereocenters. The minimum Gasteiger partial charge on any atom is -0.379 e. The molecule has 0 aliphatic rings. The monoisotopic (exact) mass is 1580 g/mol. The van der Waals surface area contributed by atoms with Crippen LogP contribution in [0, 0.1) is 0 Å². The van der Waals surface area contributed by atoms with Crippen molar-refractivity contribution >= 4 is 90.4 Å². The van der Waals surface area contributed by atoms with Gasteiger partial charge in [-0.05, 0) is 151 Å². The first kappa shape index (κ1) is 94.1. The van der Waals surface area contributed by atoms with Crippen LogP contribution < -0.4 is 61.5 Å². The first-order chi connectivity index (χ1) is 55.2. The third-order valence-electron chi connectivity index (χ3n) is 18.9. The highest BCUT2D eigenvalue weighted by Crippen LogP contribution is 2.27. The molecule has 27 nitrogen and oxygen atoms in total. The molecule has 0 spiro atoms. The molecule has 2 heterocycles. The zero-order valence-corrected chi connectivity index (χ0v) is 68.9. The van der Waals surface area contributed by atoms with Crippen LogP contribution in [0.15, 0.2) is 84.9 Å². The van der Waals surface area contributed by atoms with Gasteiger partial charge in [0, 0.05) is 229 Å². The summed E-state index contributed by atoms with van der Waals surface area (Å²) in [7, 11) is 12.2. The lowest BCUT2D eigenvalue weighted by Gasteiger charge is -2.15. The summed E-state index contributed by atoms with van der Waals surface area (Å²) in [5, 5.41) is 29.0. The molecule has 6 amide bonds. The van der Waals surface area contributed by atoms with Gasteiger partial charge in [0.2, 0.25) is 57.5 Å². The molecule has 0 atom stereocenters. The molecule has 6 aromatic rings. The molecule has 0 bridgehead atoms. The van der Waals surface area contributed by atoms with Crippen LogP contribution in [0.5, 0.6) is 0 Å². The minimum atomic E-state index is -0.0956. The van der Waals surface area contributed by atoms with Gasteiger partial charge in [-0.1, -0.05) is 12.1 Å². The van der Waals surface area contributed by atoms with E-state index in [0.29, 0.717) is 210 Å². The number of aryl methyl sites for hydroxylation is 2. The lowest BCUT2D eigenvalue weighted by molar-refractivity contribution is -0.646. The largest absolute Gasteiger partial charge is 0.379 e. The third-order valence-corrected chi connectivity index (χ3v) is 18.9. The van der Waals surface area contributed by atoms with E-state index < -0.39 is 0 Å². The Morgan fingerprint density at radius 1 is 0.274 bits per heavy atom. The molecule has 2 aromatic heterocycles. The van der Waals surface area contributed by atoms with Gasteiger partial charge in [0.15, 0.2) is 0 Å². The fraction of sp³-hybridized carbons (Fsp3) is 0.628. The predicted molar refractivity (Wildman–Crippen MR) is 445 cm³/mol. The normalized spacial score (nSPS) is 11.5. The molecule has 113 heavy (non-hydrogen) atoms. The number of ether oxygens (including phenoxy) is 9. The number of nitrogens with zero attached hydrogens (tertiary/aromatic N) is 4. The summed E-state index contributed by atoms with van der Waals surface area (Å²) < 4.78 is 55.5. The highest BCUT2D eigenvalue weighted by Gasteiger charge is 2.20. The maximum absolute atomic E-state index is 12.6. The van der Waals surface area contributed by atoms with Crippen LogP contribution in [0.3, 0.4) is 0 Å². The van der Waals surface area contributed by atoms with Gasteiger partial charge in [-0.3, -0.25) is 28.8 Å². The molecule has 27 heteroatoms. The molecule has 0 saturated carbocycles. The van der Waals surface area contributed by atoms with Gasteiger partial charge in [0.05, 0.1) is 79.3 Å². The number of anilines is 2. The second-order valence-electron chi connectivity index (χ2n) is 28.8. The van der Waals surface area contributed by atoms with Crippen LogP contribution in [-0.2, 0) is 97.6 Å². The lowest BCUT2D eigenvalue weighted by atomic mass is 10.0. The second kappa shape index (κ2) is 59.0. The van der Waals surface area contributed by atoms with Crippen molar-refractivity contribution in [1.82, 2.24) is 42.5 Å². The number of amides is 6. The van der Waals surface area contributed by atoms with E-state index in [4.69, 9.17) is 42.6 Å². The summed E-state index contributed by atoms with van der Waals surface area (Å²) in [6, 6.07) is 31.2. The number of pyridine rings is 2. The molecule has 4 aromatic carbocycles. The SMILES string of the molecule is CNCc1ccc2cc3ccc(CNC)cc3[n+](CCCCCC(=O)NCCCOCCOCCOCCCNC(=O)CCCC(=O)NCCCOCCOCCOCCCNC(=O)CCCC(=O)NCCCOCCOCCOCCCNC(=O)CCCCC[n+]3c4cc(N(C)C)ccc4cc4ccc(N(C)C)cc43)c2c1. The minimum absolute atomic E-state index is 0.0751. The van der Waals surface area contributed by atoms with Crippen LogP contribution in [0.1, 0.15) is 140 Å². The van der Waals surface area contributed by atoms with Crippen molar-refractivity contribution in [3.63, 3.8) is 0 Å². The summed E-state index contributed by atoms with van der Waals surface area (Å²) in [6.07, 6.45) is 12.8. The van der Waals surface area contributed by atoms with Gasteiger partial charge >= 0.3 is 0 Å². The van der Waals surface area contributed by atoms with Gasteiger partial charge in [-0.25, -0.2) is 0 Å². The molecule has 0 fully saturated rings. The zero-order valence-electron chi connectivity index (χ0n) is 68.9. The number of benzene rings is 4. The van der Waals surface area contributed by atoms with Gasteiger partial charge in [-0.2, -0.15) is 9.13 Å². The molecule has 0 aliphatic carbocycles. The van der Waals surface area contributed by atoms with Crippen molar-refractivity contribution in [3.05, 3.63) is 96.1 Å². The summed E-state index contributed by atoms with van der Waals surface area (Å²) in [4.78, 5) is 78.4. The number of nitrogens with one attached hydrogen (secondary N) is 8. The van der Waals surface area contributed by atoms with Crippen molar-refractivity contribution in [2.45, 2.75) is 155 Å². The fourth-order valence-corrected chi connectivity index (χ4v) is 12.8. The van der Waals surface area contributed by atoms with E-state index in [2.05, 4.69) is 175 Å². The Balaban J connectivity index is 0.589. The van der Waals surface area contributed by atoms with Crippen LogP contribution >= 0.6 is 0 Å². The summed E-state index contributed by atoms with van der Waals surface area (Å²) >= 11 is 0. The van der Waals surface area contributed by atoms with E-state index in [-0.39, 0.29) is 61.1 Å². The molecule has 0 saturated heterocycles. The third kappa shape index (κ3) is 40.4. The molecule has 0 radical (unpaired) electrons. The van der Waals surface area contributed by atoms with E-state index in [9.17, 15) is 28.8 Å². The molecular weight excluding hydrogens is 1440 g/mol. The molecule has 0 aliphatic heterocycles. The Hall–Kier alpha value is -7.80. The van der Waals surface area contributed by atoms with Crippen molar-refractivity contribution < 1.29 is 80.5 Å². The molecule has 628 valence electrons. The molecule has 6 rings (SSSR count). The average Bonchev–Trinajstić information content (AvgIpc) is 0.773. The topological polar surface area (TPSA) is 296 Å². The zero-order chi connectivity index (χ0) is 80.6. The van der Waals surface area contributed by atoms with Crippen LogP contribution in [0.4, 0.5) is 11.4 Å². The number of hydrogen-bond acceptors (Lipinski definition) is 19. The highest BCUT2D eigenvalue weighted by atomic mass is 16.6. The lowest BCUT2D eigenvalue weighted by Crippen LogP contribution is -2.36. The van der Waals surface area contributed by atoms with Crippen molar-refractivity contribution in [2.24, 2.45) is 0 Å². The Morgan fingerprint density at radius 2 is 0.513 bits per heavy atom. The molecule has 8 N–H and O–H groups in total. The first-order valence-electron chi connectivity index (χ1n) is 41.4. The van der Waals surface area contributed by atoms with Crippen LogP contribution in [0.25, 0.3) is 43.6 Å². The fourth-order valence-electron chi connectivity index (χ4n) is 12.8. The quantitative estimate of drug-likeness (QED) is 0.0103. The number of unbranched alkanes of at least 4 members (excludes halogenated alkanes) is 4. The van der Waals surface area contributed by atoms with E-state index in [1.165, 1.54) is 66.1 Å². The van der Waals surface area contributed by atoms with E-state index in [1.54, 1.807) is 0 Å². The van der Waals surface area contributed by atoms with Crippen molar-refractivity contribution in [3.8, 4) is 0 Å². The Bertz CT molecular complexity index is 3570. The van der Waals surface area contributed by atoms with Crippen LogP contribution in [0.2, 0.25) is 0 Å². The van der Waals surface area contributed by atoms with Crippen LogP contribution in [-0.4, -0.2) is 236 Å². The smallest absolute Gasteiger partial charge is 0.220 e. The van der Waals surface area contributed by atoms with E-state index >= 15 is 0 Å². The maximum Gasteiger partial charge on any atom is 0.220 e. The van der Waals surface area contributed by atoms with Crippen molar-refractivity contribution in [2.75, 3.05) is 210 Å². The Labute approximate surface area is 671 Å². The van der Waals surface area contributed by atoms with Crippen molar-refractivity contribution in [1.29, 1.82) is 0 Å². The van der Waals surface area contributed by atoms with Gasteiger partial charge in [0.1, 0.15) is 13.1 Å². The number of fused-ring (bicyclic) bond motifs is 4. The van der Waals surface area contributed by atoms with Gasteiger partial charge < -0.3 is 95.0 Å². The van der Waals surface area contributed by atoms with Gasteiger partial charge in [0.25, 0.3) is 0 Å². The van der Waals surface area contributed by atoms with E-state index in [0.717, 1.165) is 77.5 Å². The summed E-state index contributed by atoms with van der Waals surface area (Å²) in [5.74, 6) is -0.222. The first-order valence-corrected chi connectivity index (χ1v) is 41.4. The molecular formula is C86H136N12O15+2. The van der Waals surface area contributed by atoms with Gasteiger partial charge in [-0.15, -0.1) is 0 Å². The Morgan fingerprint density at radius 3 is 0.770 bits per heavy atom. The number of hydrogen-bond donors (Lipinski definition) is 8. The number of rotatable bonds is 68. The Kier molecular flexibility index (Phi) is 49.1. The maximum atomic E-state index is 12.6. The standard InChI is InChI=1S/C86H134N12O15/c1-87-67-69-27-29-71-63-72-30-28-70(68-88-2)62-78(72)97(77(71)61-69)41-11-7-9-21-81(99)89-35-15-43-105-49-55-111-57-51-107-45-17-37-91-83(101)23-13-25-85(103)93-39-19-47-109-53-59-113-60-54-110-48-20-40-94-86(104)26-14-24-84(102)92-38-18-46-108-52-58-112-56-50-106-44-16-36-90-82(100)22-10-8-12-42-98-79-65-75(95(3)4)33-31-73(79)64-74-32-34-76(96(5)6)66-80(74)98/h27-34,61-66,87-88H,7-26,35-60,67-68H2,1-6H3,(H4-2,89,90,91,92,93,94,99,100,101,102,103,104)/p+2. The van der Waals surface area contributed by atoms with E-state index in [1.807, 2.05) is 14.1 Å². The average molecular weight is 1580 g/mol. The number of carbonyl (C=O) groups is 6.